The van der Waals surface area contributed by atoms with Gasteiger partial charge in [-0.15, -0.1) is 0 Å². The lowest BCUT2D eigenvalue weighted by atomic mass is 9.96. The summed E-state index contributed by atoms with van der Waals surface area (Å²) >= 11 is 9.68. The van der Waals surface area contributed by atoms with E-state index < -0.39 is 0 Å². The first-order chi connectivity index (χ1) is 8.70. The maximum absolute atomic E-state index is 6.28. The fourth-order valence-corrected chi connectivity index (χ4v) is 3.46. The molecule has 4 heteroatoms. The van der Waals surface area contributed by atoms with E-state index in [0.29, 0.717) is 0 Å². The number of rotatable bonds is 3. The number of halogens is 2. The van der Waals surface area contributed by atoms with Crippen LogP contribution in [-0.4, -0.2) is 18.1 Å². The lowest BCUT2D eigenvalue weighted by Gasteiger charge is -2.22. The third-order valence-electron chi connectivity index (χ3n) is 3.63. The molecule has 1 unspecified atom stereocenters. The summed E-state index contributed by atoms with van der Waals surface area (Å²) in [4.78, 5) is 6.80. The molecular formula is C14H20BrClN2. The third kappa shape index (κ3) is 3.61. The lowest BCUT2D eigenvalue weighted by Crippen LogP contribution is -2.25. The average Bonchev–Trinajstić information content (AvgIpc) is 2.55. The Morgan fingerprint density at radius 2 is 2.28 bits per heavy atom. The molecule has 0 bridgehead atoms. The van der Waals surface area contributed by atoms with E-state index in [-0.39, 0.29) is 0 Å². The van der Waals surface area contributed by atoms with Crippen molar-refractivity contribution in [2.75, 3.05) is 18.0 Å². The van der Waals surface area contributed by atoms with Crippen LogP contribution in [0.25, 0.3) is 0 Å². The Hall–Kier alpha value is -0.280. The molecule has 2 rings (SSSR count). The van der Waals surface area contributed by atoms with Gasteiger partial charge in [0.05, 0.1) is 5.02 Å². The minimum atomic E-state index is 0.748. The second-order valence-electron chi connectivity index (χ2n) is 5.03. The Labute approximate surface area is 123 Å². The Kier molecular flexibility index (Phi) is 5.31. The van der Waals surface area contributed by atoms with E-state index in [2.05, 4.69) is 32.7 Å². The zero-order valence-electron chi connectivity index (χ0n) is 10.8. The molecule has 0 aromatic carbocycles. The third-order valence-corrected chi connectivity index (χ3v) is 4.34. The van der Waals surface area contributed by atoms with Gasteiger partial charge in [-0.05, 0) is 47.2 Å². The molecule has 1 aromatic rings. The van der Waals surface area contributed by atoms with Gasteiger partial charge in [0, 0.05) is 23.8 Å². The molecule has 0 radical (unpaired) electrons. The first-order valence-electron chi connectivity index (χ1n) is 6.76. The first-order valence-corrected chi connectivity index (χ1v) is 7.93. The maximum Gasteiger partial charge on any atom is 0.147 e. The predicted molar refractivity (Wildman–Crippen MR) is 81.4 cm³/mol. The molecule has 0 saturated carbocycles. The Morgan fingerprint density at radius 1 is 1.44 bits per heavy atom. The number of nitrogens with zero attached hydrogens (tertiary/aromatic N) is 2. The van der Waals surface area contributed by atoms with Gasteiger partial charge in [-0.1, -0.05) is 31.4 Å². The van der Waals surface area contributed by atoms with Gasteiger partial charge in [0.1, 0.15) is 5.82 Å². The first kappa shape index (κ1) is 14.1. The second kappa shape index (κ2) is 6.76. The van der Waals surface area contributed by atoms with Crippen molar-refractivity contribution in [2.24, 2.45) is 5.92 Å². The van der Waals surface area contributed by atoms with E-state index in [9.17, 15) is 0 Å². The highest BCUT2D eigenvalue weighted by molar-refractivity contribution is 9.10. The summed E-state index contributed by atoms with van der Waals surface area (Å²) < 4.78 is 0.940. The smallest absolute Gasteiger partial charge is 0.147 e. The van der Waals surface area contributed by atoms with Gasteiger partial charge >= 0.3 is 0 Å². The van der Waals surface area contributed by atoms with Crippen molar-refractivity contribution in [1.29, 1.82) is 0 Å². The van der Waals surface area contributed by atoms with Crippen molar-refractivity contribution >= 4 is 33.3 Å². The highest BCUT2D eigenvalue weighted by atomic mass is 79.9. The molecule has 0 amide bonds. The Bertz CT molecular complexity index is 397. The number of pyridine rings is 1. The number of hydrogen-bond donors (Lipinski definition) is 0. The average molecular weight is 332 g/mol. The Morgan fingerprint density at radius 3 is 3.00 bits per heavy atom. The molecule has 2 heterocycles. The van der Waals surface area contributed by atoms with Crippen molar-refractivity contribution in [3.63, 3.8) is 0 Å². The summed E-state index contributed by atoms with van der Waals surface area (Å²) in [5.41, 5.74) is 0. The molecule has 1 atom stereocenters. The molecular weight excluding hydrogens is 312 g/mol. The summed E-state index contributed by atoms with van der Waals surface area (Å²) in [6, 6.07) is 1.93. The minimum absolute atomic E-state index is 0.748. The monoisotopic (exact) mass is 330 g/mol. The lowest BCUT2D eigenvalue weighted by molar-refractivity contribution is 0.435. The van der Waals surface area contributed by atoms with E-state index in [4.69, 9.17) is 11.6 Å². The van der Waals surface area contributed by atoms with Crippen molar-refractivity contribution in [3.05, 3.63) is 21.8 Å². The van der Waals surface area contributed by atoms with Crippen LogP contribution in [0.5, 0.6) is 0 Å². The summed E-state index contributed by atoms with van der Waals surface area (Å²) in [5, 5.41) is 0.748. The molecule has 0 N–H and O–H groups in total. The largest absolute Gasteiger partial charge is 0.355 e. The number of anilines is 1. The van der Waals surface area contributed by atoms with Crippen LogP contribution in [0.3, 0.4) is 0 Å². The van der Waals surface area contributed by atoms with Crippen LogP contribution in [0, 0.1) is 5.92 Å². The maximum atomic E-state index is 6.28. The molecule has 0 spiro atoms. The number of hydrogen-bond acceptors (Lipinski definition) is 2. The fraction of sp³-hybridized carbons (Fsp3) is 0.643. The van der Waals surface area contributed by atoms with Crippen molar-refractivity contribution in [3.8, 4) is 0 Å². The van der Waals surface area contributed by atoms with Crippen LogP contribution in [0.4, 0.5) is 5.82 Å². The molecule has 1 aromatic heterocycles. The quantitative estimate of drug-likeness (QED) is 0.783. The summed E-state index contributed by atoms with van der Waals surface area (Å²) in [6.07, 6.45) is 8.34. The van der Waals surface area contributed by atoms with E-state index in [1.807, 2.05) is 12.3 Å². The van der Waals surface area contributed by atoms with Crippen molar-refractivity contribution in [1.82, 2.24) is 4.98 Å². The van der Waals surface area contributed by atoms with Gasteiger partial charge in [0.2, 0.25) is 0 Å². The predicted octanol–water partition coefficient (Wildman–Crippen LogP) is 4.90. The summed E-state index contributed by atoms with van der Waals surface area (Å²) in [6.45, 7) is 4.43. The molecule has 1 aliphatic rings. The molecule has 100 valence electrons. The van der Waals surface area contributed by atoms with Gasteiger partial charge in [0.25, 0.3) is 0 Å². The zero-order chi connectivity index (χ0) is 13.0. The normalized spacial score (nSPS) is 20.8. The van der Waals surface area contributed by atoms with E-state index >= 15 is 0 Å². The highest BCUT2D eigenvalue weighted by Gasteiger charge is 2.19. The van der Waals surface area contributed by atoms with E-state index in [0.717, 1.165) is 34.3 Å². The van der Waals surface area contributed by atoms with E-state index in [1.54, 1.807) is 0 Å². The second-order valence-corrected chi connectivity index (χ2v) is 6.35. The van der Waals surface area contributed by atoms with Crippen LogP contribution >= 0.6 is 27.5 Å². The molecule has 1 saturated heterocycles. The zero-order valence-corrected chi connectivity index (χ0v) is 13.2. The highest BCUT2D eigenvalue weighted by Crippen LogP contribution is 2.30. The van der Waals surface area contributed by atoms with Gasteiger partial charge in [-0.3, -0.25) is 0 Å². The van der Waals surface area contributed by atoms with Crippen molar-refractivity contribution in [2.45, 2.75) is 39.0 Å². The summed E-state index contributed by atoms with van der Waals surface area (Å²) in [5.74, 6) is 1.83. The summed E-state index contributed by atoms with van der Waals surface area (Å²) in [7, 11) is 0. The van der Waals surface area contributed by atoms with Gasteiger partial charge < -0.3 is 4.90 Å². The minimum Gasteiger partial charge on any atom is -0.355 e. The van der Waals surface area contributed by atoms with Crippen LogP contribution in [0.1, 0.15) is 39.0 Å². The SMILES string of the molecule is CCCC1CCCN(c2ncc(Br)cc2Cl)CC1. The van der Waals surface area contributed by atoms with Crippen LogP contribution in [0.2, 0.25) is 5.02 Å². The standard InChI is InChI=1S/C14H20BrClN2/c1-2-4-11-5-3-7-18(8-6-11)14-13(16)9-12(15)10-17-14/h9-11H,2-8H2,1H3. The van der Waals surface area contributed by atoms with Gasteiger partial charge in [-0.2, -0.15) is 0 Å². The Balaban J connectivity index is 2.05. The van der Waals surface area contributed by atoms with Crippen molar-refractivity contribution < 1.29 is 0 Å². The topological polar surface area (TPSA) is 16.1 Å². The van der Waals surface area contributed by atoms with E-state index in [1.165, 1.54) is 32.1 Å². The number of aromatic nitrogens is 1. The molecule has 0 aliphatic carbocycles. The molecule has 1 fully saturated rings. The van der Waals surface area contributed by atoms with Gasteiger partial charge in [-0.25, -0.2) is 4.98 Å². The van der Waals surface area contributed by atoms with Crippen LogP contribution in [0.15, 0.2) is 16.7 Å². The van der Waals surface area contributed by atoms with Gasteiger partial charge in [0.15, 0.2) is 0 Å². The molecule has 1 aliphatic heterocycles. The molecule has 2 nitrogen and oxygen atoms in total. The van der Waals surface area contributed by atoms with Crippen LogP contribution in [-0.2, 0) is 0 Å². The van der Waals surface area contributed by atoms with Crippen LogP contribution < -0.4 is 4.90 Å². The fourth-order valence-electron chi connectivity index (χ4n) is 2.71. The molecule has 18 heavy (non-hydrogen) atoms.